The Labute approximate surface area is 310 Å². The number of aromatic nitrogens is 3. The van der Waals surface area contributed by atoms with Crippen molar-refractivity contribution in [2.75, 3.05) is 0 Å². The molecule has 0 unspecified atom stereocenters. The molecule has 9 aromatic rings. The summed E-state index contributed by atoms with van der Waals surface area (Å²) in [5.74, 6) is 1.98. The Morgan fingerprint density at radius 3 is 1.53 bits per heavy atom. The maximum atomic E-state index is 5.19. The second-order valence-electron chi connectivity index (χ2n) is 14.4. The van der Waals surface area contributed by atoms with Gasteiger partial charge in [0.2, 0.25) is 0 Å². The zero-order chi connectivity index (χ0) is 35.5. The van der Waals surface area contributed by atoms with Crippen molar-refractivity contribution in [1.82, 2.24) is 15.0 Å². The minimum atomic E-state index is -1.89. The number of hydrogen-bond acceptors (Lipinski definition) is 3. The van der Waals surface area contributed by atoms with Crippen molar-refractivity contribution in [2.24, 2.45) is 0 Å². The van der Waals surface area contributed by atoms with Gasteiger partial charge in [-0.05, 0) is 71.4 Å². The summed E-state index contributed by atoms with van der Waals surface area (Å²) < 4.78 is 0. The van der Waals surface area contributed by atoms with Crippen LogP contribution >= 0.6 is 0 Å². The van der Waals surface area contributed by atoms with Crippen molar-refractivity contribution in [3.63, 3.8) is 0 Å². The smallest absolute Gasteiger partial charge is 0.164 e. The second kappa shape index (κ2) is 12.3. The van der Waals surface area contributed by atoms with Crippen LogP contribution in [-0.4, -0.2) is 23.0 Å². The first-order valence-electron chi connectivity index (χ1n) is 18.2. The van der Waals surface area contributed by atoms with Crippen LogP contribution in [0.1, 0.15) is 0 Å². The van der Waals surface area contributed by atoms with Crippen molar-refractivity contribution in [3.05, 3.63) is 176 Å². The lowest BCUT2D eigenvalue weighted by molar-refractivity contribution is 1.07. The molecule has 53 heavy (non-hydrogen) atoms. The fourth-order valence-electron chi connectivity index (χ4n) is 8.14. The number of nitrogens with zero attached hydrogens (tertiary/aromatic N) is 3. The predicted octanol–water partition coefficient (Wildman–Crippen LogP) is 11.3. The lowest BCUT2D eigenvalue weighted by atomic mass is 9.97. The molecule has 3 nitrogen and oxygen atoms in total. The molecule has 2 heterocycles. The minimum Gasteiger partial charge on any atom is -0.208 e. The van der Waals surface area contributed by atoms with Crippen molar-refractivity contribution < 1.29 is 0 Å². The highest BCUT2D eigenvalue weighted by molar-refractivity contribution is 7.04. The normalized spacial score (nSPS) is 12.9. The monoisotopic (exact) mass is 693 g/mol. The van der Waals surface area contributed by atoms with Gasteiger partial charge in [0.25, 0.3) is 0 Å². The third kappa shape index (κ3) is 5.30. The van der Waals surface area contributed by atoms with E-state index in [9.17, 15) is 0 Å². The standard InChI is InChI=1S/C49H35N3Si/c1-53(2)44-29-28-39(31-43(44)46-42-17-9-7-14-35(42)27-30-45(46)53)49-51-47(37-23-19-33(20-24-37)32-11-4-3-5-12-32)50-48(52-49)38-25-21-36(22-26-38)41-18-10-15-34-13-6-8-16-40(34)41/h3-31H,1-2H3. The van der Waals surface area contributed by atoms with Crippen LogP contribution in [0.25, 0.3) is 89.1 Å². The second-order valence-corrected chi connectivity index (χ2v) is 18.8. The summed E-state index contributed by atoms with van der Waals surface area (Å²) in [6.45, 7) is 4.93. The van der Waals surface area contributed by atoms with E-state index >= 15 is 0 Å². The molecule has 0 N–H and O–H groups in total. The van der Waals surface area contributed by atoms with E-state index in [0.29, 0.717) is 17.5 Å². The Bertz CT molecular complexity index is 2840. The van der Waals surface area contributed by atoms with Crippen LogP contribution in [0.2, 0.25) is 13.1 Å². The Balaban J connectivity index is 1.11. The summed E-state index contributed by atoms with van der Waals surface area (Å²) in [5, 5.41) is 8.00. The van der Waals surface area contributed by atoms with Gasteiger partial charge in [0.1, 0.15) is 8.07 Å². The summed E-state index contributed by atoms with van der Waals surface area (Å²) in [6.07, 6.45) is 0. The van der Waals surface area contributed by atoms with Crippen LogP contribution < -0.4 is 10.4 Å². The van der Waals surface area contributed by atoms with Gasteiger partial charge in [-0.3, -0.25) is 0 Å². The van der Waals surface area contributed by atoms with E-state index in [1.807, 2.05) is 6.07 Å². The third-order valence-electron chi connectivity index (χ3n) is 11.0. The fourth-order valence-corrected chi connectivity index (χ4v) is 11.2. The third-order valence-corrected chi connectivity index (χ3v) is 14.5. The maximum absolute atomic E-state index is 5.19. The van der Waals surface area contributed by atoms with E-state index in [0.717, 1.165) is 27.8 Å². The molecular weight excluding hydrogens is 659 g/mol. The van der Waals surface area contributed by atoms with Gasteiger partial charge in [0.05, 0.1) is 0 Å². The highest BCUT2D eigenvalue weighted by Crippen LogP contribution is 2.37. The molecule has 1 aliphatic heterocycles. The summed E-state index contributed by atoms with van der Waals surface area (Å²) in [5.41, 5.74) is 10.3. The van der Waals surface area contributed by atoms with Crippen LogP contribution in [0.3, 0.4) is 0 Å². The summed E-state index contributed by atoms with van der Waals surface area (Å²) in [7, 11) is -1.89. The SMILES string of the molecule is C[Si]1(C)c2ccc(-c3nc(-c4ccc(-c5ccccc5)cc4)nc(-c4ccc(-c5cccc6ccccc56)cc4)n3)cc2-c2c1ccc1ccccc21. The number of benzene rings is 8. The van der Waals surface area contributed by atoms with Crippen LogP contribution in [-0.2, 0) is 0 Å². The van der Waals surface area contributed by atoms with Gasteiger partial charge < -0.3 is 0 Å². The van der Waals surface area contributed by atoms with E-state index in [4.69, 9.17) is 15.0 Å². The van der Waals surface area contributed by atoms with Gasteiger partial charge in [-0.25, -0.2) is 15.0 Å². The molecule has 0 saturated heterocycles. The average Bonchev–Trinajstić information content (AvgIpc) is 3.46. The van der Waals surface area contributed by atoms with Gasteiger partial charge in [0, 0.05) is 16.7 Å². The first-order valence-corrected chi connectivity index (χ1v) is 21.2. The first kappa shape index (κ1) is 31.3. The molecule has 8 aromatic carbocycles. The molecule has 0 bridgehead atoms. The summed E-state index contributed by atoms with van der Waals surface area (Å²) >= 11 is 0. The van der Waals surface area contributed by atoms with E-state index in [1.165, 1.54) is 54.2 Å². The Morgan fingerprint density at radius 2 is 0.830 bits per heavy atom. The van der Waals surface area contributed by atoms with Gasteiger partial charge >= 0.3 is 0 Å². The number of hydrogen-bond donors (Lipinski definition) is 0. The molecule has 0 saturated carbocycles. The Kier molecular flexibility index (Phi) is 7.27. The van der Waals surface area contributed by atoms with Gasteiger partial charge in [-0.2, -0.15) is 0 Å². The fraction of sp³-hybridized carbons (Fsp3) is 0.0408. The molecule has 0 radical (unpaired) electrons. The average molecular weight is 694 g/mol. The van der Waals surface area contributed by atoms with Crippen molar-refractivity contribution >= 4 is 40.0 Å². The van der Waals surface area contributed by atoms with E-state index in [-0.39, 0.29) is 0 Å². The zero-order valence-corrected chi connectivity index (χ0v) is 30.6. The molecule has 10 rings (SSSR count). The lowest BCUT2D eigenvalue weighted by Crippen LogP contribution is -2.49. The van der Waals surface area contributed by atoms with Crippen LogP contribution in [0.4, 0.5) is 0 Å². The molecule has 0 aliphatic carbocycles. The number of rotatable bonds is 5. The highest BCUT2D eigenvalue weighted by atomic mass is 28.3. The van der Waals surface area contributed by atoms with Crippen LogP contribution in [0.5, 0.6) is 0 Å². The van der Waals surface area contributed by atoms with Crippen LogP contribution in [0, 0.1) is 0 Å². The first-order chi connectivity index (χ1) is 26.0. The van der Waals surface area contributed by atoms with Crippen molar-refractivity contribution in [3.8, 4) is 67.5 Å². The molecule has 0 fully saturated rings. The van der Waals surface area contributed by atoms with E-state index < -0.39 is 8.07 Å². The van der Waals surface area contributed by atoms with Crippen LogP contribution in [0.15, 0.2) is 176 Å². The Hall–Kier alpha value is -6.49. The van der Waals surface area contributed by atoms with Gasteiger partial charge in [-0.15, -0.1) is 0 Å². The topological polar surface area (TPSA) is 38.7 Å². The lowest BCUT2D eigenvalue weighted by Gasteiger charge is -2.19. The predicted molar refractivity (Wildman–Crippen MR) is 224 cm³/mol. The number of fused-ring (bicyclic) bond motifs is 6. The van der Waals surface area contributed by atoms with Gasteiger partial charge in [-0.1, -0.05) is 183 Å². The zero-order valence-electron chi connectivity index (χ0n) is 29.6. The minimum absolute atomic E-state index is 0.655. The van der Waals surface area contributed by atoms with Gasteiger partial charge in [0.15, 0.2) is 17.5 Å². The molecule has 0 atom stereocenters. The highest BCUT2D eigenvalue weighted by Gasteiger charge is 2.38. The van der Waals surface area contributed by atoms with E-state index in [2.05, 4.69) is 183 Å². The molecular formula is C49H35N3Si. The molecule has 1 aliphatic rings. The van der Waals surface area contributed by atoms with Crippen molar-refractivity contribution in [2.45, 2.75) is 13.1 Å². The molecule has 0 amide bonds. The molecule has 4 heteroatoms. The molecule has 1 aromatic heterocycles. The Morgan fingerprint density at radius 1 is 0.340 bits per heavy atom. The summed E-state index contributed by atoms with van der Waals surface area (Å²) in [6, 6.07) is 62.9. The molecule has 0 spiro atoms. The van der Waals surface area contributed by atoms with E-state index in [1.54, 1.807) is 0 Å². The quantitative estimate of drug-likeness (QED) is 0.168. The largest absolute Gasteiger partial charge is 0.208 e. The molecule has 250 valence electrons. The van der Waals surface area contributed by atoms with Crippen molar-refractivity contribution in [1.29, 1.82) is 0 Å². The maximum Gasteiger partial charge on any atom is 0.164 e. The summed E-state index contributed by atoms with van der Waals surface area (Å²) in [4.78, 5) is 15.5.